The number of benzene rings is 1. The van der Waals surface area contributed by atoms with Gasteiger partial charge in [0.15, 0.2) is 4.90 Å². The van der Waals surface area contributed by atoms with Crippen molar-refractivity contribution in [3.63, 3.8) is 0 Å². The van der Waals surface area contributed by atoms with Gasteiger partial charge in [0.2, 0.25) is 10.0 Å². The number of hydrogen-bond donors (Lipinski definition) is 1. The van der Waals surface area contributed by atoms with Crippen molar-refractivity contribution >= 4 is 31.6 Å². The summed E-state index contributed by atoms with van der Waals surface area (Å²) in [6.07, 6.45) is 0. The number of nitro benzene ring substituents is 1. The zero-order valence-corrected chi connectivity index (χ0v) is 12.9. The molecule has 106 valence electrons. The van der Waals surface area contributed by atoms with Crippen LogP contribution < -0.4 is 4.72 Å². The van der Waals surface area contributed by atoms with E-state index in [0.29, 0.717) is 11.0 Å². The fraction of sp³-hybridized carbons (Fsp3) is 0.400. The number of nitrogens with zero attached hydrogens (tertiary/aromatic N) is 2. The van der Waals surface area contributed by atoms with Crippen molar-refractivity contribution in [3.8, 4) is 0 Å². The van der Waals surface area contributed by atoms with E-state index >= 15 is 0 Å². The maximum atomic E-state index is 12.0. The van der Waals surface area contributed by atoms with E-state index in [1.165, 1.54) is 12.1 Å². The van der Waals surface area contributed by atoms with Crippen molar-refractivity contribution in [1.29, 1.82) is 0 Å². The standard InChI is InChI=1S/C10H14BrN3O4S/c1-13(2)6-5-12-19(17,18)10-7-8(11)3-4-9(10)14(15)16/h3-4,7,12H,5-6H2,1-2H3. The highest BCUT2D eigenvalue weighted by Crippen LogP contribution is 2.26. The molecule has 0 aliphatic carbocycles. The lowest BCUT2D eigenvalue weighted by Gasteiger charge is -2.11. The van der Waals surface area contributed by atoms with Gasteiger partial charge >= 0.3 is 0 Å². The Kier molecular flexibility index (Phi) is 5.41. The summed E-state index contributed by atoms with van der Waals surface area (Å²) in [5, 5.41) is 10.9. The first kappa shape index (κ1) is 16.0. The normalized spacial score (nSPS) is 11.8. The fourth-order valence-corrected chi connectivity index (χ4v) is 3.06. The maximum Gasteiger partial charge on any atom is 0.289 e. The Bertz CT molecular complexity index is 574. The van der Waals surface area contributed by atoms with Crippen LogP contribution in [0.4, 0.5) is 5.69 Å². The quantitative estimate of drug-likeness (QED) is 0.613. The zero-order chi connectivity index (χ0) is 14.6. The Morgan fingerprint density at radius 1 is 1.42 bits per heavy atom. The third-order valence-corrected chi connectivity index (χ3v) is 4.24. The van der Waals surface area contributed by atoms with Crippen LogP contribution in [0.3, 0.4) is 0 Å². The lowest BCUT2D eigenvalue weighted by atomic mass is 10.3. The molecule has 0 aromatic heterocycles. The Balaban J connectivity index is 3.06. The Morgan fingerprint density at radius 3 is 2.58 bits per heavy atom. The van der Waals surface area contributed by atoms with Crippen molar-refractivity contribution < 1.29 is 13.3 Å². The van der Waals surface area contributed by atoms with E-state index in [-0.39, 0.29) is 11.4 Å². The molecule has 0 saturated carbocycles. The summed E-state index contributed by atoms with van der Waals surface area (Å²) in [4.78, 5) is 11.6. The first-order chi connectivity index (χ1) is 8.74. The molecule has 0 fully saturated rings. The summed E-state index contributed by atoms with van der Waals surface area (Å²) in [6.45, 7) is 0.681. The summed E-state index contributed by atoms with van der Waals surface area (Å²) in [5.74, 6) is 0. The van der Waals surface area contributed by atoms with Crippen LogP contribution in [0.2, 0.25) is 0 Å². The number of nitrogens with one attached hydrogen (secondary N) is 1. The predicted octanol–water partition coefficient (Wildman–Crippen LogP) is 1.20. The minimum atomic E-state index is -3.90. The molecule has 0 spiro atoms. The van der Waals surface area contributed by atoms with Gasteiger partial charge in [-0.15, -0.1) is 0 Å². The summed E-state index contributed by atoms with van der Waals surface area (Å²) >= 11 is 3.11. The van der Waals surface area contributed by atoms with Gasteiger partial charge in [-0.3, -0.25) is 10.1 Å². The fourth-order valence-electron chi connectivity index (χ4n) is 1.34. The van der Waals surface area contributed by atoms with E-state index in [4.69, 9.17) is 0 Å². The molecule has 1 N–H and O–H groups in total. The van der Waals surface area contributed by atoms with Crippen LogP contribution in [0.5, 0.6) is 0 Å². The van der Waals surface area contributed by atoms with E-state index in [2.05, 4.69) is 20.7 Å². The van der Waals surface area contributed by atoms with Crippen molar-refractivity contribution in [2.75, 3.05) is 27.2 Å². The number of likely N-dealkylation sites (N-methyl/N-ethyl adjacent to an activating group) is 1. The molecule has 0 amide bonds. The molecule has 0 aliphatic heterocycles. The predicted molar refractivity (Wildman–Crippen MR) is 74.5 cm³/mol. The highest BCUT2D eigenvalue weighted by molar-refractivity contribution is 9.10. The summed E-state index contributed by atoms with van der Waals surface area (Å²) < 4.78 is 26.9. The van der Waals surface area contributed by atoms with Crippen molar-refractivity contribution in [1.82, 2.24) is 9.62 Å². The second-order valence-corrected chi connectivity index (χ2v) is 6.72. The number of rotatable bonds is 6. The van der Waals surface area contributed by atoms with Gasteiger partial charge < -0.3 is 4.90 Å². The molecule has 0 bridgehead atoms. The van der Waals surface area contributed by atoms with E-state index in [0.717, 1.165) is 6.07 Å². The van der Waals surface area contributed by atoms with Gasteiger partial charge in [0.25, 0.3) is 5.69 Å². The molecule has 9 heteroatoms. The van der Waals surface area contributed by atoms with Crippen LogP contribution in [0.1, 0.15) is 0 Å². The lowest BCUT2D eigenvalue weighted by molar-refractivity contribution is -0.387. The van der Waals surface area contributed by atoms with Crippen LogP contribution in [0, 0.1) is 10.1 Å². The summed E-state index contributed by atoms with van der Waals surface area (Å²) in [7, 11) is -0.300. The first-order valence-corrected chi connectivity index (χ1v) is 7.60. The minimum Gasteiger partial charge on any atom is -0.308 e. The van der Waals surface area contributed by atoms with Crippen molar-refractivity contribution in [2.24, 2.45) is 0 Å². The van der Waals surface area contributed by atoms with Crippen LogP contribution in [-0.4, -0.2) is 45.4 Å². The molecule has 0 unspecified atom stereocenters. The van der Waals surface area contributed by atoms with Gasteiger partial charge in [-0.2, -0.15) is 0 Å². The van der Waals surface area contributed by atoms with Crippen LogP contribution in [-0.2, 0) is 10.0 Å². The van der Waals surface area contributed by atoms with Gasteiger partial charge in [-0.25, -0.2) is 13.1 Å². The molecule has 0 saturated heterocycles. The molecule has 0 heterocycles. The smallest absolute Gasteiger partial charge is 0.289 e. The number of hydrogen-bond acceptors (Lipinski definition) is 5. The highest BCUT2D eigenvalue weighted by atomic mass is 79.9. The van der Waals surface area contributed by atoms with Crippen molar-refractivity contribution in [3.05, 3.63) is 32.8 Å². The monoisotopic (exact) mass is 351 g/mol. The van der Waals surface area contributed by atoms with Crippen LogP contribution in [0.25, 0.3) is 0 Å². The largest absolute Gasteiger partial charge is 0.308 e. The zero-order valence-electron chi connectivity index (χ0n) is 10.5. The molecular weight excluding hydrogens is 338 g/mol. The molecule has 0 atom stereocenters. The lowest BCUT2D eigenvalue weighted by Crippen LogP contribution is -2.31. The molecule has 0 radical (unpaired) electrons. The molecular formula is C10H14BrN3O4S. The van der Waals surface area contributed by atoms with E-state index in [1.54, 1.807) is 19.0 Å². The molecule has 7 nitrogen and oxygen atoms in total. The Labute approximate surface area is 119 Å². The molecule has 19 heavy (non-hydrogen) atoms. The van der Waals surface area contributed by atoms with E-state index in [9.17, 15) is 18.5 Å². The third-order valence-electron chi connectivity index (χ3n) is 2.26. The minimum absolute atomic E-state index is 0.180. The van der Waals surface area contributed by atoms with Gasteiger partial charge in [0.1, 0.15) is 0 Å². The van der Waals surface area contributed by atoms with E-state index in [1.807, 2.05) is 0 Å². The maximum absolute atomic E-state index is 12.0. The van der Waals surface area contributed by atoms with Crippen molar-refractivity contribution in [2.45, 2.75) is 4.90 Å². The molecule has 1 aromatic carbocycles. The highest BCUT2D eigenvalue weighted by Gasteiger charge is 2.25. The second kappa shape index (κ2) is 6.42. The van der Waals surface area contributed by atoms with Crippen LogP contribution in [0.15, 0.2) is 27.6 Å². The third kappa shape index (κ3) is 4.53. The van der Waals surface area contributed by atoms with Crippen LogP contribution >= 0.6 is 15.9 Å². The number of nitro groups is 1. The Morgan fingerprint density at radius 2 is 2.05 bits per heavy atom. The van der Waals surface area contributed by atoms with Gasteiger partial charge in [-0.1, -0.05) is 15.9 Å². The first-order valence-electron chi connectivity index (χ1n) is 5.32. The molecule has 1 rings (SSSR count). The van der Waals surface area contributed by atoms with Gasteiger partial charge in [0.05, 0.1) is 4.92 Å². The van der Waals surface area contributed by atoms with E-state index < -0.39 is 20.6 Å². The summed E-state index contributed by atoms with van der Waals surface area (Å²) in [5.41, 5.74) is -0.444. The molecule has 1 aromatic rings. The van der Waals surface area contributed by atoms with Gasteiger partial charge in [-0.05, 0) is 26.2 Å². The summed E-state index contributed by atoms with van der Waals surface area (Å²) in [6, 6.07) is 3.80. The SMILES string of the molecule is CN(C)CCNS(=O)(=O)c1cc(Br)ccc1[N+](=O)[O-]. The number of halogens is 1. The number of sulfonamides is 1. The topological polar surface area (TPSA) is 92.6 Å². The van der Waals surface area contributed by atoms with Gasteiger partial charge in [0, 0.05) is 23.6 Å². The Hall–Kier alpha value is -1.03. The average molecular weight is 352 g/mol. The molecule has 0 aliphatic rings. The average Bonchev–Trinajstić information content (AvgIpc) is 2.27. The second-order valence-electron chi connectivity index (χ2n) is 4.07.